The van der Waals surface area contributed by atoms with Crippen molar-refractivity contribution in [2.45, 2.75) is 0 Å². The van der Waals surface area contributed by atoms with Gasteiger partial charge in [0.15, 0.2) is 11.6 Å². The van der Waals surface area contributed by atoms with E-state index < -0.39 is 11.6 Å². The van der Waals surface area contributed by atoms with E-state index in [0.29, 0.717) is 22.6 Å². The number of pyridine rings is 1. The summed E-state index contributed by atoms with van der Waals surface area (Å²) < 4.78 is 26.1. The molecule has 1 aromatic heterocycles. The molecule has 1 heterocycles. The van der Waals surface area contributed by atoms with Crippen LogP contribution in [0.2, 0.25) is 0 Å². The molecule has 0 aliphatic carbocycles. The fourth-order valence-corrected chi connectivity index (χ4v) is 2.01. The zero-order chi connectivity index (χ0) is 14.8. The molecule has 0 radical (unpaired) electrons. The van der Waals surface area contributed by atoms with Crippen LogP contribution in [0.5, 0.6) is 0 Å². The fourth-order valence-electron chi connectivity index (χ4n) is 2.01. The lowest BCUT2D eigenvalue weighted by Gasteiger charge is -2.09. The van der Waals surface area contributed by atoms with Gasteiger partial charge in [0.25, 0.3) is 0 Å². The molecule has 0 atom stereocenters. The molecule has 21 heavy (non-hydrogen) atoms. The number of fused-ring (bicyclic) bond motifs is 1. The molecular formula is C16H9F2N3. The molecule has 3 nitrogen and oxygen atoms in total. The number of halogens is 2. The Balaban J connectivity index is 2.06. The van der Waals surface area contributed by atoms with Gasteiger partial charge in [-0.3, -0.25) is 0 Å². The maximum absolute atomic E-state index is 13.2. The van der Waals surface area contributed by atoms with Crippen molar-refractivity contribution in [3.8, 4) is 6.07 Å². The van der Waals surface area contributed by atoms with Crippen molar-refractivity contribution >= 4 is 22.4 Å². The first kappa shape index (κ1) is 13.0. The minimum Gasteiger partial charge on any atom is -0.339 e. The highest BCUT2D eigenvalue weighted by atomic mass is 19.2. The minimum absolute atomic E-state index is 0.308. The summed E-state index contributed by atoms with van der Waals surface area (Å²) in [5, 5.41) is 12.9. The lowest BCUT2D eigenvalue weighted by molar-refractivity contribution is 0.509. The Morgan fingerprint density at radius 2 is 1.81 bits per heavy atom. The van der Waals surface area contributed by atoms with E-state index in [1.807, 2.05) is 30.3 Å². The highest BCUT2D eigenvalue weighted by Gasteiger charge is 2.08. The molecule has 0 amide bonds. The smallest absolute Gasteiger partial charge is 0.160 e. The van der Waals surface area contributed by atoms with E-state index in [1.54, 1.807) is 6.07 Å². The molecule has 0 saturated carbocycles. The van der Waals surface area contributed by atoms with E-state index in [1.165, 1.54) is 6.07 Å². The highest BCUT2D eigenvalue weighted by Crippen LogP contribution is 2.24. The molecular weight excluding hydrogens is 272 g/mol. The van der Waals surface area contributed by atoms with Gasteiger partial charge >= 0.3 is 0 Å². The summed E-state index contributed by atoms with van der Waals surface area (Å²) in [6.45, 7) is 0. The third-order valence-electron chi connectivity index (χ3n) is 3.03. The number of hydrogen-bond acceptors (Lipinski definition) is 3. The maximum Gasteiger partial charge on any atom is 0.160 e. The summed E-state index contributed by atoms with van der Waals surface area (Å²) in [5.74, 6) is -1.57. The predicted molar refractivity (Wildman–Crippen MR) is 76.1 cm³/mol. The second-order valence-electron chi connectivity index (χ2n) is 4.44. The summed E-state index contributed by atoms with van der Waals surface area (Å²) >= 11 is 0. The third-order valence-corrected chi connectivity index (χ3v) is 3.03. The first-order chi connectivity index (χ1) is 10.2. The number of rotatable bonds is 2. The highest BCUT2D eigenvalue weighted by molar-refractivity contribution is 5.83. The van der Waals surface area contributed by atoms with E-state index in [2.05, 4.69) is 10.3 Å². The number of hydrogen-bond donors (Lipinski definition) is 1. The van der Waals surface area contributed by atoms with Gasteiger partial charge in [-0.25, -0.2) is 13.8 Å². The van der Waals surface area contributed by atoms with Crippen LogP contribution in [0.15, 0.2) is 48.5 Å². The van der Waals surface area contributed by atoms with Gasteiger partial charge in [-0.2, -0.15) is 5.26 Å². The molecule has 0 saturated heterocycles. The first-order valence-corrected chi connectivity index (χ1v) is 6.19. The molecule has 0 fully saturated rings. The molecule has 0 bridgehead atoms. The van der Waals surface area contributed by atoms with E-state index >= 15 is 0 Å². The number of anilines is 2. The van der Waals surface area contributed by atoms with Crippen molar-refractivity contribution in [2.24, 2.45) is 0 Å². The van der Waals surface area contributed by atoms with Crippen molar-refractivity contribution in [1.82, 2.24) is 4.98 Å². The summed E-state index contributed by atoms with van der Waals surface area (Å²) in [5.41, 5.74) is 1.37. The molecule has 3 rings (SSSR count). The second-order valence-corrected chi connectivity index (χ2v) is 4.44. The first-order valence-electron chi connectivity index (χ1n) is 6.19. The molecule has 0 aliphatic heterocycles. The number of nitrogens with zero attached hydrogens (tertiary/aromatic N) is 2. The quantitative estimate of drug-likeness (QED) is 0.768. The zero-order valence-corrected chi connectivity index (χ0v) is 10.8. The van der Waals surface area contributed by atoms with Crippen LogP contribution in [-0.2, 0) is 0 Å². The molecule has 0 unspecified atom stereocenters. The van der Waals surface area contributed by atoms with E-state index in [9.17, 15) is 14.0 Å². The van der Waals surface area contributed by atoms with Crippen molar-refractivity contribution in [3.05, 3.63) is 65.7 Å². The number of aromatic nitrogens is 1. The van der Waals surface area contributed by atoms with E-state index in [0.717, 1.165) is 17.5 Å². The van der Waals surface area contributed by atoms with Crippen LogP contribution in [0, 0.1) is 23.0 Å². The second kappa shape index (κ2) is 5.17. The Bertz CT molecular complexity index is 869. The van der Waals surface area contributed by atoms with Gasteiger partial charge < -0.3 is 5.32 Å². The van der Waals surface area contributed by atoms with Gasteiger partial charge in [0.2, 0.25) is 0 Å². The average Bonchev–Trinajstić information content (AvgIpc) is 2.50. The summed E-state index contributed by atoms with van der Waals surface area (Å²) in [6.07, 6.45) is 0. The normalized spacial score (nSPS) is 10.3. The number of benzene rings is 2. The van der Waals surface area contributed by atoms with Gasteiger partial charge in [0.05, 0.1) is 11.1 Å². The summed E-state index contributed by atoms with van der Waals surface area (Å²) in [7, 11) is 0. The average molecular weight is 281 g/mol. The van der Waals surface area contributed by atoms with Crippen LogP contribution in [0.25, 0.3) is 10.9 Å². The topological polar surface area (TPSA) is 48.7 Å². The van der Waals surface area contributed by atoms with Gasteiger partial charge in [0.1, 0.15) is 11.9 Å². The Morgan fingerprint density at radius 1 is 1.00 bits per heavy atom. The van der Waals surface area contributed by atoms with Gasteiger partial charge in [-0.1, -0.05) is 18.2 Å². The monoisotopic (exact) mass is 281 g/mol. The molecule has 102 valence electrons. The SMILES string of the molecule is N#Cc1cc2ccccc2nc1Nc1ccc(F)c(F)c1. The van der Waals surface area contributed by atoms with Crippen LogP contribution in [-0.4, -0.2) is 4.98 Å². The minimum atomic E-state index is -0.959. The Labute approximate surface area is 119 Å². The molecule has 5 heteroatoms. The lowest BCUT2D eigenvalue weighted by Crippen LogP contribution is -1.98. The Hall–Kier alpha value is -3.00. The molecule has 1 N–H and O–H groups in total. The van der Waals surface area contributed by atoms with Gasteiger partial charge in [-0.15, -0.1) is 0 Å². The molecule has 2 aromatic carbocycles. The standard InChI is InChI=1S/C16H9F2N3/c17-13-6-5-12(8-14(13)18)20-16-11(9-19)7-10-3-1-2-4-15(10)21-16/h1-8H,(H,20,21). The summed E-state index contributed by atoms with van der Waals surface area (Å²) in [4.78, 5) is 4.34. The van der Waals surface area contributed by atoms with Crippen LogP contribution >= 0.6 is 0 Å². The fraction of sp³-hybridized carbons (Fsp3) is 0. The predicted octanol–water partition coefficient (Wildman–Crippen LogP) is 4.13. The molecule has 3 aromatic rings. The Morgan fingerprint density at radius 3 is 2.57 bits per heavy atom. The zero-order valence-electron chi connectivity index (χ0n) is 10.8. The van der Waals surface area contributed by atoms with E-state index in [4.69, 9.17) is 0 Å². The third kappa shape index (κ3) is 2.51. The van der Waals surface area contributed by atoms with Crippen LogP contribution in [0.3, 0.4) is 0 Å². The van der Waals surface area contributed by atoms with Crippen LogP contribution < -0.4 is 5.32 Å². The number of para-hydroxylation sites is 1. The van der Waals surface area contributed by atoms with Crippen molar-refractivity contribution in [3.63, 3.8) is 0 Å². The van der Waals surface area contributed by atoms with Crippen LogP contribution in [0.1, 0.15) is 5.56 Å². The van der Waals surface area contributed by atoms with Crippen molar-refractivity contribution in [2.75, 3.05) is 5.32 Å². The number of nitrogens with one attached hydrogen (secondary N) is 1. The maximum atomic E-state index is 13.2. The largest absolute Gasteiger partial charge is 0.339 e. The van der Waals surface area contributed by atoms with Crippen LogP contribution in [0.4, 0.5) is 20.3 Å². The molecule has 0 aliphatic rings. The lowest BCUT2D eigenvalue weighted by atomic mass is 10.1. The Kier molecular flexibility index (Phi) is 3.20. The molecule has 0 spiro atoms. The van der Waals surface area contributed by atoms with Gasteiger partial charge in [-0.05, 0) is 24.3 Å². The van der Waals surface area contributed by atoms with E-state index in [-0.39, 0.29) is 0 Å². The van der Waals surface area contributed by atoms with Crippen molar-refractivity contribution in [1.29, 1.82) is 5.26 Å². The number of nitriles is 1. The van der Waals surface area contributed by atoms with Crippen molar-refractivity contribution < 1.29 is 8.78 Å². The van der Waals surface area contributed by atoms with Gasteiger partial charge in [0, 0.05) is 17.1 Å². The summed E-state index contributed by atoms with van der Waals surface area (Å²) in [6, 6.07) is 14.5.